The molecule has 21 heavy (non-hydrogen) atoms. The molecule has 0 aliphatic rings. The van der Waals surface area contributed by atoms with Crippen molar-refractivity contribution in [3.05, 3.63) is 65.5 Å². The van der Waals surface area contributed by atoms with Crippen LogP contribution < -0.4 is 10.1 Å². The zero-order valence-electron chi connectivity index (χ0n) is 12.1. The summed E-state index contributed by atoms with van der Waals surface area (Å²) in [5, 5.41) is 2.81. The van der Waals surface area contributed by atoms with E-state index < -0.39 is 0 Å². The molecule has 0 fully saturated rings. The maximum Gasteiger partial charge on any atom is 0.258 e. The minimum atomic E-state index is -0.292. The molecular formula is C17H18FNO2. The molecule has 2 aromatic rings. The van der Waals surface area contributed by atoms with Crippen LogP contribution >= 0.6 is 0 Å². The average molecular weight is 287 g/mol. The Balaban J connectivity index is 1.85. The average Bonchev–Trinajstić information content (AvgIpc) is 2.46. The third-order valence-electron chi connectivity index (χ3n) is 3.11. The highest BCUT2D eigenvalue weighted by Crippen LogP contribution is 2.14. The van der Waals surface area contributed by atoms with Gasteiger partial charge in [-0.05, 0) is 49.2 Å². The summed E-state index contributed by atoms with van der Waals surface area (Å²) < 4.78 is 18.3. The second-order valence-electron chi connectivity index (χ2n) is 4.95. The number of nitrogens with one attached hydrogen (secondary N) is 1. The van der Waals surface area contributed by atoms with Crippen molar-refractivity contribution in [1.82, 2.24) is 5.32 Å². The molecule has 1 atom stereocenters. The van der Waals surface area contributed by atoms with Crippen LogP contribution in [0.3, 0.4) is 0 Å². The summed E-state index contributed by atoms with van der Waals surface area (Å²) in [5.74, 6) is 0.160. The van der Waals surface area contributed by atoms with Crippen LogP contribution in [-0.2, 0) is 4.79 Å². The van der Waals surface area contributed by atoms with Gasteiger partial charge in [-0.25, -0.2) is 4.39 Å². The van der Waals surface area contributed by atoms with Gasteiger partial charge in [0, 0.05) is 0 Å². The molecule has 4 heteroatoms. The van der Waals surface area contributed by atoms with Crippen LogP contribution in [0, 0.1) is 12.7 Å². The Bertz CT molecular complexity index is 610. The lowest BCUT2D eigenvalue weighted by molar-refractivity contribution is -0.123. The van der Waals surface area contributed by atoms with Crippen molar-refractivity contribution in [1.29, 1.82) is 0 Å². The first kappa shape index (κ1) is 15.0. The van der Waals surface area contributed by atoms with E-state index in [4.69, 9.17) is 4.74 Å². The molecule has 0 aliphatic carbocycles. The third kappa shape index (κ3) is 4.60. The molecule has 1 amide bonds. The van der Waals surface area contributed by atoms with E-state index in [0.717, 1.165) is 11.1 Å². The highest BCUT2D eigenvalue weighted by atomic mass is 19.1. The van der Waals surface area contributed by atoms with Crippen LogP contribution in [0.4, 0.5) is 4.39 Å². The number of rotatable bonds is 5. The normalized spacial score (nSPS) is 11.8. The summed E-state index contributed by atoms with van der Waals surface area (Å²) in [4.78, 5) is 11.8. The van der Waals surface area contributed by atoms with Crippen LogP contribution in [0.25, 0.3) is 0 Å². The van der Waals surface area contributed by atoms with E-state index in [1.807, 2.05) is 38.1 Å². The minimum Gasteiger partial charge on any atom is -0.484 e. The standard InChI is InChI=1S/C17H18FNO2/c1-12-4-3-5-16(10-12)21-11-17(20)19-13(2)14-6-8-15(18)9-7-14/h3-10,13H,11H2,1-2H3,(H,19,20)/t13-/m1/s1. The highest BCUT2D eigenvalue weighted by Gasteiger charge is 2.10. The van der Waals surface area contributed by atoms with E-state index in [0.29, 0.717) is 5.75 Å². The molecule has 0 radical (unpaired) electrons. The first-order valence-electron chi connectivity index (χ1n) is 6.79. The van der Waals surface area contributed by atoms with Gasteiger partial charge < -0.3 is 10.1 Å². The largest absolute Gasteiger partial charge is 0.484 e. The van der Waals surface area contributed by atoms with Crippen molar-refractivity contribution >= 4 is 5.91 Å². The van der Waals surface area contributed by atoms with E-state index in [1.54, 1.807) is 12.1 Å². The lowest BCUT2D eigenvalue weighted by atomic mass is 10.1. The zero-order valence-corrected chi connectivity index (χ0v) is 12.1. The van der Waals surface area contributed by atoms with Gasteiger partial charge in [0.1, 0.15) is 11.6 Å². The highest BCUT2D eigenvalue weighted by molar-refractivity contribution is 5.78. The quantitative estimate of drug-likeness (QED) is 0.915. The minimum absolute atomic E-state index is 0.0466. The third-order valence-corrected chi connectivity index (χ3v) is 3.11. The van der Waals surface area contributed by atoms with Gasteiger partial charge >= 0.3 is 0 Å². The molecule has 0 saturated heterocycles. The first-order valence-corrected chi connectivity index (χ1v) is 6.79. The van der Waals surface area contributed by atoms with Crippen molar-refractivity contribution in [3.8, 4) is 5.75 Å². The lowest BCUT2D eigenvalue weighted by Gasteiger charge is -2.14. The van der Waals surface area contributed by atoms with Crippen LogP contribution in [0.15, 0.2) is 48.5 Å². The molecule has 0 spiro atoms. The number of amides is 1. The van der Waals surface area contributed by atoms with Crippen LogP contribution in [0.1, 0.15) is 24.1 Å². The van der Waals surface area contributed by atoms with Crippen molar-refractivity contribution in [3.63, 3.8) is 0 Å². The van der Waals surface area contributed by atoms with Crippen molar-refractivity contribution in [2.24, 2.45) is 0 Å². The van der Waals surface area contributed by atoms with Crippen molar-refractivity contribution in [2.75, 3.05) is 6.61 Å². The number of aryl methyl sites for hydroxylation is 1. The lowest BCUT2D eigenvalue weighted by Crippen LogP contribution is -2.31. The van der Waals surface area contributed by atoms with E-state index >= 15 is 0 Å². The molecule has 3 nitrogen and oxygen atoms in total. The Labute approximate surface area is 123 Å². The predicted molar refractivity (Wildman–Crippen MR) is 79.6 cm³/mol. The molecule has 0 unspecified atom stereocenters. The molecule has 2 rings (SSSR count). The Morgan fingerprint density at radius 3 is 2.62 bits per heavy atom. The maximum atomic E-state index is 12.8. The molecule has 0 heterocycles. The fourth-order valence-corrected chi connectivity index (χ4v) is 1.97. The molecule has 2 aromatic carbocycles. The van der Waals surface area contributed by atoms with Gasteiger partial charge in [0.05, 0.1) is 6.04 Å². The van der Waals surface area contributed by atoms with Crippen molar-refractivity contribution < 1.29 is 13.9 Å². The number of ether oxygens (including phenoxy) is 1. The number of benzene rings is 2. The summed E-state index contributed by atoms with van der Waals surface area (Å²) in [6.07, 6.45) is 0. The van der Waals surface area contributed by atoms with Gasteiger partial charge in [0.15, 0.2) is 6.61 Å². The Hall–Kier alpha value is -2.36. The van der Waals surface area contributed by atoms with Gasteiger partial charge in [-0.3, -0.25) is 4.79 Å². The zero-order chi connectivity index (χ0) is 15.2. The number of hydrogen-bond donors (Lipinski definition) is 1. The molecule has 0 aliphatic heterocycles. The first-order chi connectivity index (χ1) is 10.0. The molecule has 1 N–H and O–H groups in total. The monoisotopic (exact) mass is 287 g/mol. The Kier molecular flexibility index (Phi) is 4.93. The fraction of sp³-hybridized carbons (Fsp3) is 0.235. The van der Waals surface area contributed by atoms with E-state index in [1.165, 1.54) is 12.1 Å². The van der Waals surface area contributed by atoms with Gasteiger partial charge in [-0.1, -0.05) is 24.3 Å². The molecule has 110 valence electrons. The van der Waals surface area contributed by atoms with Gasteiger partial charge in [-0.15, -0.1) is 0 Å². The molecule has 0 bridgehead atoms. The van der Waals surface area contributed by atoms with E-state index in [2.05, 4.69) is 5.32 Å². The molecular weight excluding hydrogens is 269 g/mol. The maximum absolute atomic E-state index is 12.8. The van der Waals surface area contributed by atoms with Gasteiger partial charge in [0.2, 0.25) is 0 Å². The number of carbonyl (C=O) groups excluding carboxylic acids is 1. The summed E-state index contributed by atoms with van der Waals surface area (Å²) in [5.41, 5.74) is 1.92. The van der Waals surface area contributed by atoms with Gasteiger partial charge in [0.25, 0.3) is 5.91 Å². The topological polar surface area (TPSA) is 38.3 Å². The Morgan fingerprint density at radius 2 is 1.95 bits per heavy atom. The van der Waals surface area contributed by atoms with Gasteiger partial charge in [-0.2, -0.15) is 0 Å². The van der Waals surface area contributed by atoms with E-state index in [-0.39, 0.29) is 24.4 Å². The summed E-state index contributed by atoms with van der Waals surface area (Å²) in [6, 6.07) is 13.4. The summed E-state index contributed by atoms with van der Waals surface area (Å²) in [7, 11) is 0. The fourth-order valence-electron chi connectivity index (χ4n) is 1.97. The smallest absolute Gasteiger partial charge is 0.258 e. The second kappa shape index (κ2) is 6.88. The van der Waals surface area contributed by atoms with Crippen LogP contribution in [0.2, 0.25) is 0 Å². The van der Waals surface area contributed by atoms with Crippen molar-refractivity contribution in [2.45, 2.75) is 19.9 Å². The summed E-state index contributed by atoms with van der Waals surface area (Å²) in [6.45, 7) is 3.76. The van der Waals surface area contributed by atoms with Crippen LogP contribution in [0.5, 0.6) is 5.75 Å². The Morgan fingerprint density at radius 1 is 1.24 bits per heavy atom. The number of hydrogen-bond acceptors (Lipinski definition) is 2. The molecule has 0 saturated carbocycles. The van der Waals surface area contributed by atoms with E-state index in [9.17, 15) is 9.18 Å². The summed E-state index contributed by atoms with van der Waals surface area (Å²) >= 11 is 0. The van der Waals surface area contributed by atoms with Crippen LogP contribution in [-0.4, -0.2) is 12.5 Å². The number of carbonyl (C=O) groups is 1. The molecule has 0 aromatic heterocycles. The predicted octanol–water partition coefficient (Wildman–Crippen LogP) is 3.39. The number of halogens is 1. The SMILES string of the molecule is Cc1cccc(OCC(=O)N[C@H](C)c2ccc(F)cc2)c1. The second-order valence-corrected chi connectivity index (χ2v) is 4.95.